The number of benzene rings is 2. The quantitative estimate of drug-likeness (QED) is 0.620. The van der Waals surface area contributed by atoms with Crippen LogP contribution in [0.5, 0.6) is 0 Å². The number of hydrogen-bond donors (Lipinski definition) is 1. The number of carbonyl (C=O) groups excluding carboxylic acids is 1. The summed E-state index contributed by atoms with van der Waals surface area (Å²) in [5.74, 6) is -0.195. The minimum atomic E-state index is -3.52. The van der Waals surface area contributed by atoms with E-state index in [1.807, 2.05) is 31.2 Å². The molecular formula is C20H22Br2N2O3S. The molecule has 1 N–H and O–H groups in total. The Balaban J connectivity index is 1.58. The Bertz CT molecular complexity index is 940. The molecule has 2 aromatic rings. The molecule has 2 aromatic carbocycles. The SMILES string of the molecule is C[C@H](NC(=O)C1CCN(S(=O)(=O)c2ccc(Br)cc2)CC1)c1cccc(Br)c1. The van der Waals surface area contributed by atoms with Crippen LogP contribution < -0.4 is 5.32 Å². The van der Waals surface area contributed by atoms with Gasteiger partial charge in [0.2, 0.25) is 15.9 Å². The van der Waals surface area contributed by atoms with Crippen molar-refractivity contribution in [2.45, 2.75) is 30.7 Å². The van der Waals surface area contributed by atoms with Gasteiger partial charge in [-0.1, -0.05) is 44.0 Å². The van der Waals surface area contributed by atoms with Crippen LogP contribution in [0.1, 0.15) is 31.4 Å². The van der Waals surface area contributed by atoms with Gasteiger partial charge in [-0.2, -0.15) is 4.31 Å². The first-order valence-corrected chi connectivity index (χ1v) is 12.1. The van der Waals surface area contributed by atoms with E-state index < -0.39 is 10.0 Å². The average Bonchev–Trinajstić information content (AvgIpc) is 2.68. The van der Waals surface area contributed by atoms with Crippen LogP contribution in [0.2, 0.25) is 0 Å². The van der Waals surface area contributed by atoms with E-state index in [1.54, 1.807) is 24.3 Å². The Morgan fingerprint density at radius 3 is 2.32 bits per heavy atom. The highest BCUT2D eigenvalue weighted by Crippen LogP contribution is 2.26. The maximum atomic E-state index is 12.8. The van der Waals surface area contributed by atoms with Crippen LogP contribution in [0, 0.1) is 5.92 Å². The molecule has 1 saturated heterocycles. The summed E-state index contributed by atoms with van der Waals surface area (Å²) in [6.07, 6.45) is 1.04. The van der Waals surface area contributed by atoms with Crippen molar-refractivity contribution in [3.63, 3.8) is 0 Å². The van der Waals surface area contributed by atoms with E-state index in [1.165, 1.54) is 4.31 Å². The van der Waals surface area contributed by atoms with Crippen LogP contribution >= 0.6 is 31.9 Å². The molecule has 0 bridgehead atoms. The normalized spacial score (nSPS) is 17.2. The second kappa shape index (κ2) is 9.07. The van der Waals surface area contributed by atoms with Crippen molar-refractivity contribution in [2.75, 3.05) is 13.1 Å². The lowest BCUT2D eigenvalue weighted by molar-refractivity contribution is -0.126. The van der Waals surface area contributed by atoms with Gasteiger partial charge in [-0.3, -0.25) is 4.79 Å². The molecule has 0 saturated carbocycles. The summed E-state index contributed by atoms with van der Waals surface area (Å²) in [4.78, 5) is 12.9. The third kappa shape index (κ3) is 5.03. The monoisotopic (exact) mass is 528 g/mol. The van der Waals surface area contributed by atoms with Gasteiger partial charge in [-0.25, -0.2) is 8.42 Å². The Morgan fingerprint density at radius 1 is 1.07 bits per heavy atom. The molecule has 28 heavy (non-hydrogen) atoms. The molecule has 150 valence electrons. The van der Waals surface area contributed by atoms with Gasteiger partial charge in [0, 0.05) is 28.0 Å². The first kappa shape index (κ1) is 21.5. The molecule has 1 aliphatic heterocycles. The lowest BCUT2D eigenvalue weighted by Crippen LogP contribution is -2.43. The fourth-order valence-corrected chi connectivity index (χ4v) is 5.46. The van der Waals surface area contributed by atoms with E-state index in [4.69, 9.17) is 0 Å². The topological polar surface area (TPSA) is 66.5 Å². The summed E-state index contributed by atoms with van der Waals surface area (Å²) in [7, 11) is -3.52. The van der Waals surface area contributed by atoms with Crippen LogP contribution in [-0.4, -0.2) is 31.7 Å². The summed E-state index contributed by atoms with van der Waals surface area (Å²) in [5, 5.41) is 3.05. The van der Waals surface area contributed by atoms with E-state index in [2.05, 4.69) is 37.2 Å². The van der Waals surface area contributed by atoms with Gasteiger partial charge < -0.3 is 5.32 Å². The van der Waals surface area contributed by atoms with Gasteiger partial charge >= 0.3 is 0 Å². The van der Waals surface area contributed by atoms with Crippen LogP contribution in [-0.2, 0) is 14.8 Å². The number of piperidine rings is 1. The lowest BCUT2D eigenvalue weighted by atomic mass is 9.96. The van der Waals surface area contributed by atoms with Gasteiger partial charge in [0.25, 0.3) is 0 Å². The van der Waals surface area contributed by atoms with Crippen molar-refractivity contribution in [1.82, 2.24) is 9.62 Å². The fourth-order valence-electron chi connectivity index (χ4n) is 3.30. The molecule has 3 rings (SSSR count). The molecule has 0 aromatic heterocycles. The molecule has 0 spiro atoms. The highest BCUT2D eigenvalue weighted by molar-refractivity contribution is 9.10. The predicted molar refractivity (Wildman–Crippen MR) is 116 cm³/mol. The van der Waals surface area contributed by atoms with E-state index >= 15 is 0 Å². The molecule has 1 atom stereocenters. The Kier molecular flexibility index (Phi) is 6.96. The zero-order valence-electron chi connectivity index (χ0n) is 15.4. The van der Waals surface area contributed by atoms with Gasteiger partial charge in [0.1, 0.15) is 0 Å². The highest BCUT2D eigenvalue weighted by Gasteiger charge is 2.32. The molecule has 0 radical (unpaired) electrons. The zero-order valence-corrected chi connectivity index (χ0v) is 19.4. The average molecular weight is 530 g/mol. The number of sulfonamides is 1. The fraction of sp³-hybridized carbons (Fsp3) is 0.350. The number of halogens is 2. The maximum absolute atomic E-state index is 12.8. The molecule has 1 fully saturated rings. The highest BCUT2D eigenvalue weighted by atomic mass is 79.9. The summed E-state index contributed by atoms with van der Waals surface area (Å²) >= 11 is 6.76. The Labute approximate surface area is 182 Å². The molecule has 0 unspecified atom stereocenters. The van der Waals surface area contributed by atoms with Gasteiger partial charge in [0.15, 0.2) is 0 Å². The van der Waals surface area contributed by atoms with Gasteiger partial charge in [-0.15, -0.1) is 0 Å². The van der Waals surface area contributed by atoms with Gasteiger partial charge in [-0.05, 0) is 61.7 Å². The Hall–Kier alpha value is -1.22. The lowest BCUT2D eigenvalue weighted by Gasteiger charge is -2.31. The first-order valence-electron chi connectivity index (χ1n) is 9.09. The van der Waals surface area contributed by atoms with Crippen molar-refractivity contribution in [3.05, 3.63) is 63.0 Å². The van der Waals surface area contributed by atoms with Crippen molar-refractivity contribution < 1.29 is 13.2 Å². The Morgan fingerprint density at radius 2 is 1.71 bits per heavy atom. The maximum Gasteiger partial charge on any atom is 0.243 e. The molecular weight excluding hydrogens is 508 g/mol. The largest absolute Gasteiger partial charge is 0.349 e. The number of rotatable bonds is 5. The van der Waals surface area contributed by atoms with Gasteiger partial charge in [0.05, 0.1) is 10.9 Å². The molecule has 5 nitrogen and oxygen atoms in total. The van der Waals surface area contributed by atoms with Crippen molar-refractivity contribution >= 4 is 47.8 Å². The third-order valence-electron chi connectivity index (χ3n) is 4.98. The second-order valence-electron chi connectivity index (χ2n) is 6.92. The molecule has 1 amide bonds. The summed E-state index contributed by atoms with van der Waals surface area (Å²) in [6.45, 7) is 2.65. The minimum absolute atomic E-state index is 0.0202. The van der Waals surface area contributed by atoms with Crippen molar-refractivity contribution in [3.8, 4) is 0 Å². The molecule has 0 aliphatic carbocycles. The predicted octanol–water partition coefficient (Wildman–Crippen LogP) is 4.49. The smallest absolute Gasteiger partial charge is 0.243 e. The minimum Gasteiger partial charge on any atom is -0.349 e. The zero-order chi connectivity index (χ0) is 20.3. The summed E-state index contributed by atoms with van der Waals surface area (Å²) < 4.78 is 28.8. The molecule has 1 heterocycles. The van der Waals surface area contributed by atoms with E-state index in [9.17, 15) is 13.2 Å². The number of amides is 1. The summed E-state index contributed by atoms with van der Waals surface area (Å²) in [5.41, 5.74) is 1.03. The number of carbonyl (C=O) groups is 1. The van der Waals surface area contributed by atoms with E-state index in [-0.39, 0.29) is 22.8 Å². The number of nitrogens with zero attached hydrogens (tertiary/aromatic N) is 1. The molecule has 1 aliphatic rings. The van der Waals surface area contributed by atoms with Crippen molar-refractivity contribution in [2.24, 2.45) is 5.92 Å². The third-order valence-corrected chi connectivity index (χ3v) is 7.92. The number of hydrogen-bond acceptors (Lipinski definition) is 3. The second-order valence-corrected chi connectivity index (χ2v) is 10.7. The van der Waals surface area contributed by atoms with E-state index in [0.29, 0.717) is 25.9 Å². The summed E-state index contributed by atoms with van der Waals surface area (Å²) in [6, 6.07) is 14.4. The van der Waals surface area contributed by atoms with E-state index in [0.717, 1.165) is 14.5 Å². The standard InChI is InChI=1S/C20H22Br2N2O3S/c1-14(16-3-2-4-18(22)13-16)23-20(25)15-9-11-24(12-10-15)28(26,27)19-7-5-17(21)6-8-19/h2-8,13-15H,9-12H2,1H3,(H,23,25)/t14-/m0/s1. The first-order chi connectivity index (χ1) is 13.3. The van der Waals surface area contributed by atoms with Crippen LogP contribution in [0.25, 0.3) is 0 Å². The molecule has 8 heteroatoms. The van der Waals surface area contributed by atoms with Crippen LogP contribution in [0.3, 0.4) is 0 Å². The van der Waals surface area contributed by atoms with Crippen LogP contribution in [0.15, 0.2) is 62.4 Å². The van der Waals surface area contributed by atoms with Crippen molar-refractivity contribution in [1.29, 1.82) is 0 Å². The number of nitrogens with one attached hydrogen (secondary N) is 1. The van der Waals surface area contributed by atoms with Crippen LogP contribution in [0.4, 0.5) is 0 Å².